The molecule has 30 heavy (non-hydrogen) atoms. The summed E-state index contributed by atoms with van der Waals surface area (Å²) in [6, 6.07) is 11.8. The van der Waals surface area contributed by atoms with E-state index in [1.807, 2.05) is 35.9 Å². The fraction of sp³-hybridized carbons (Fsp3) is 0.333. The normalized spacial score (nSPS) is 12.4. The average Bonchev–Trinajstić information content (AvgIpc) is 3.08. The summed E-state index contributed by atoms with van der Waals surface area (Å²) in [6.07, 6.45) is 2.04. The van der Waals surface area contributed by atoms with Gasteiger partial charge in [0.1, 0.15) is 5.75 Å². The second kappa shape index (κ2) is 9.80. The summed E-state index contributed by atoms with van der Waals surface area (Å²) in [6.45, 7) is 4.85. The maximum absolute atomic E-state index is 12.8. The third-order valence-corrected chi connectivity index (χ3v) is 7.90. The van der Waals surface area contributed by atoms with Crippen LogP contribution in [0.15, 0.2) is 52.4 Å². The van der Waals surface area contributed by atoms with Gasteiger partial charge in [0, 0.05) is 17.9 Å². The number of carbonyl (C=O) groups excluding carboxylic acids is 1. The van der Waals surface area contributed by atoms with E-state index in [4.69, 9.17) is 4.74 Å². The van der Waals surface area contributed by atoms with Crippen molar-refractivity contribution in [2.24, 2.45) is 4.99 Å². The van der Waals surface area contributed by atoms with Gasteiger partial charge >= 0.3 is 0 Å². The highest BCUT2D eigenvalue weighted by Gasteiger charge is 2.14. The van der Waals surface area contributed by atoms with Gasteiger partial charge in [-0.15, -0.1) is 0 Å². The zero-order chi connectivity index (χ0) is 21.7. The second-order valence-electron chi connectivity index (χ2n) is 6.44. The van der Waals surface area contributed by atoms with E-state index in [1.165, 1.54) is 35.6 Å². The Labute approximate surface area is 184 Å². The van der Waals surface area contributed by atoms with Gasteiger partial charge in [0.2, 0.25) is 0 Å². The van der Waals surface area contributed by atoms with Crippen LogP contribution in [0.4, 0.5) is 0 Å². The number of sulfone groups is 1. The van der Waals surface area contributed by atoms with Crippen LogP contribution < -0.4 is 9.54 Å². The van der Waals surface area contributed by atoms with Crippen molar-refractivity contribution in [1.82, 2.24) is 4.57 Å². The Kier molecular flexibility index (Phi) is 7.38. The quantitative estimate of drug-likeness (QED) is 0.504. The van der Waals surface area contributed by atoms with Gasteiger partial charge < -0.3 is 9.30 Å². The molecule has 0 N–H and O–H groups in total. The van der Waals surface area contributed by atoms with Crippen LogP contribution in [0.5, 0.6) is 5.75 Å². The predicted molar refractivity (Wildman–Crippen MR) is 123 cm³/mol. The minimum atomic E-state index is -3.30. The number of benzene rings is 2. The molecule has 2 aromatic carbocycles. The highest BCUT2D eigenvalue weighted by Crippen LogP contribution is 2.24. The van der Waals surface area contributed by atoms with Crippen molar-refractivity contribution in [2.45, 2.75) is 25.3 Å². The minimum Gasteiger partial charge on any atom is -0.494 e. The van der Waals surface area contributed by atoms with Crippen LogP contribution in [-0.4, -0.2) is 43.3 Å². The van der Waals surface area contributed by atoms with Crippen molar-refractivity contribution in [3.05, 3.63) is 52.8 Å². The number of thiazole rings is 1. The van der Waals surface area contributed by atoms with Crippen molar-refractivity contribution in [3.8, 4) is 5.75 Å². The number of fused-ring (bicyclic) bond motifs is 1. The molecule has 1 heterocycles. The number of aryl methyl sites for hydroxylation is 1. The number of hydrogen-bond donors (Lipinski definition) is 0. The van der Waals surface area contributed by atoms with Crippen LogP contribution in [0.3, 0.4) is 0 Å². The van der Waals surface area contributed by atoms with Crippen molar-refractivity contribution in [2.75, 3.05) is 24.4 Å². The molecule has 0 fully saturated rings. The maximum atomic E-state index is 12.8. The molecule has 0 saturated heterocycles. The van der Waals surface area contributed by atoms with E-state index in [0.29, 0.717) is 17.0 Å². The first-order chi connectivity index (χ1) is 14.4. The Morgan fingerprint density at radius 1 is 1.17 bits per heavy atom. The lowest BCUT2D eigenvalue weighted by molar-refractivity contribution is 0.0997. The Morgan fingerprint density at radius 2 is 1.90 bits per heavy atom. The maximum Gasteiger partial charge on any atom is 0.279 e. The summed E-state index contributed by atoms with van der Waals surface area (Å²) in [5.74, 6) is 1.30. The second-order valence-corrected chi connectivity index (χ2v) is 10.7. The van der Waals surface area contributed by atoms with Crippen molar-refractivity contribution < 1.29 is 17.9 Å². The zero-order valence-corrected chi connectivity index (χ0v) is 19.6. The van der Waals surface area contributed by atoms with Gasteiger partial charge in [-0.25, -0.2) is 8.42 Å². The van der Waals surface area contributed by atoms with E-state index in [-0.39, 0.29) is 10.6 Å². The van der Waals surface area contributed by atoms with Gasteiger partial charge in [-0.2, -0.15) is 16.8 Å². The lowest BCUT2D eigenvalue weighted by Gasteiger charge is -2.05. The Morgan fingerprint density at radius 3 is 2.53 bits per heavy atom. The van der Waals surface area contributed by atoms with E-state index >= 15 is 0 Å². The largest absolute Gasteiger partial charge is 0.494 e. The third-order valence-electron chi connectivity index (χ3n) is 4.52. The van der Waals surface area contributed by atoms with E-state index in [1.54, 1.807) is 18.7 Å². The molecule has 0 saturated carbocycles. The number of nitrogens with zero attached hydrogens (tertiary/aromatic N) is 2. The summed E-state index contributed by atoms with van der Waals surface area (Å²) < 4.78 is 32.6. The molecule has 0 atom stereocenters. The van der Waals surface area contributed by atoms with E-state index < -0.39 is 15.7 Å². The molecule has 0 unspecified atom stereocenters. The smallest absolute Gasteiger partial charge is 0.279 e. The SMILES string of the molecule is CCOc1ccc2c(c1)sc(=NC(=O)c1ccc(S(=O)(=O)CC)cc1)n2CCSC. The number of carbonyl (C=O) groups is 1. The monoisotopic (exact) mass is 464 g/mol. The van der Waals surface area contributed by atoms with Gasteiger partial charge in [-0.05, 0) is 55.6 Å². The molecule has 0 radical (unpaired) electrons. The minimum absolute atomic E-state index is 0.0195. The number of amides is 1. The summed E-state index contributed by atoms with van der Waals surface area (Å²) in [4.78, 5) is 17.9. The number of thioether (sulfide) groups is 1. The Bertz CT molecular complexity index is 1210. The zero-order valence-electron chi connectivity index (χ0n) is 17.1. The molecule has 6 nitrogen and oxygen atoms in total. The summed E-state index contributed by atoms with van der Waals surface area (Å²) in [5.41, 5.74) is 1.36. The van der Waals surface area contributed by atoms with Crippen LogP contribution in [0, 0.1) is 0 Å². The number of ether oxygens (including phenoxy) is 1. The van der Waals surface area contributed by atoms with E-state index in [2.05, 4.69) is 4.99 Å². The van der Waals surface area contributed by atoms with Gasteiger partial charge in [-0.3, -0.25) is 4.79 Å². The van der Waals surface area contributed by atoms with Crippen molar-refractivity contribution in [1.29, 1.82) is 0 Å². The highest BCUT2D eigenvalue weighted by molar-refractivity contribution is 7.98. The van der Waals surface area contributed by atoms with Crippen molar-refractivity contribution in [3.63, 3.8) is 0 Å². The highest BCUT2D eigenvalue weighted by atomic mass is 32.2. The standard InChI is InChI=1S/C21H24N2O4S3/c1-4-27-16-8-11-18-19(14-16)29-21(23(18)12-13-28-3)22-20(24)15-6-9-17(10-7-15)30(25,26)5-2/h6-11,14H,4-5,12-13H2,1-3H3. The van der Waals surface area contributed by atoms with E-state index in [9.17, 15) is 13.2 Å². The summed E-state index contributed by atoms with van der Waals surface area (Å²) in [7, 11) is -3.30. The van der Waals surface area contributed by atoms with Gasteiger partial charge in [-0.1, -0.05) is 18.3 Å². The molecule has 9 heteroatoms. The van der Waals surface area contributed by atoms with Crippen LogP contribution in [0.25, 0.3) is 10.2 Å². The Balaban J connectivity index is 2.02. The molecule has 1 amide bonds. The molecule has 0 aliphatic rings. The Hall–Kier alpha value is -2.10. The van der Waals surface area contributed by atoms with Crippen LogP contribution >= 0.6 is 23.1 Å². The van der Waals surface area contributed by atoms with Crippen LogP contribution in [0.2, 0.25) is 0 Å². The number of rotatable bonds is 8. The molecule has 0 spiro atoms. The molecule has 3 aromatic rings. The molecule has 1 aromatic heterocycles. The summed E-state index contributed by atoms with van der Waals surface area (Å²) in [5, 5.41) is 0. The van der Waals surface area contributed by atoms with Crippen LogP contribution in [-0.2, 0) is 16.4 Å². The summed E-state index contributed by atoms with van der Waals surface area (Å²) >= 11 is 3.16. The van der Waals surface area contributed by atoms with Gasteiger partial charge in [0.15, 0.2) is 14.6 Å². The van der Waals surface area contributed by atoms with Crippen LogP contribution in [0.1, 0.15) is 24.2 Å². The molecule has 0 aliphatic carbocycles. The number of aromatic nitrogens is 1. The molecule has 0 bridgehead atoms. The third kappa shape index (κ3) is 4.96. The van der Waals surface area contributed by atoms with Gasteiger partial charge in [0.25, 0.3) is 5.91 Å². The first-order valence-corrected chi connectivity index (χ1v) is 13.4. The molecule has 3 rings (SSSR count). The predicted octanol–water partition coefficient (Wildman–Crippen LogP) is 4.00. The molecule has 0 aliphatic heterocycles. The first kappa shape index (κ1) is 22.6. The first-order valence-electron chi connectivity index (χ1n) is 9.56. The average molecular weight is 465 g/mol. The lowest BCUT2D eigenvalue weighted by Crippen LogP contribution is -2.18. The van der Waals surface area contributed by atoms with E-state index in [0.717, 1.165) is 28.3 Å². The van der Waals surface area contributed by atoms with Gasteiger partial charge in [0.05, 0.1) is 27.5 Å². The number of hydrogen-bond acceptors (Lipinski definition) is 6. The fourth-order valence-corrected chi connectivity index (χ4v) is 5.25. The molecular weight excluding hydrogens is 440 g/mol. The molecular formula is C21H24N2O4S3. The fourth-order valence-electron chi connectivity index (χ4n) is 2.92. The topological polar surface area (TPSA) is 77.7 Å². The lowest BCUT2D eigenvalue weighted by atomic mass is 10.2. The van der Waals surface area contributed by atoms with Crippen molar-refractivity contribution >= 4 is 49.1 Å². The molecule has 160 valence electrons.